The van der Waals surface area contributed by atoms with Crippen molar-refractivity contribution in [3.63, 3.8) is 0 Å². The molecule has 31 heavy (non-hydrogen) atoms. The van der Waals surface area contributed by atoms with Crippen LogP contribution in [0.15, 0.2) is 29.2 Å². The van der Waals surface area contributed by atoms with Crippen LogP contribution in [-0.4, -0.2) is 50.8 Å². The fraction of sp³-hybridized carbons (Fsp3) is 0.636. The summed E-state index contributed by atoms with van der Waals surface area (Å²) in [6, 6.07) is 6.62. The van der Waals surface area contributed by atoms with Crippen LogP contribution in [0.3, 0.4) is 0 Å². The van der Waals surface area contributed by atoms with Gasteiger partial charge in [0.25, 0.3) is 0 Å². The van der Waals surface area contributed by atoms with Crippen LogP contribution in [-0.2, 0) is 30.8 Å². The van der Waals surface area contributed by atoms with E-state index in [1.165, 1.54) is 30.0 Å². The average molecular weight is 450 g/mol. The smallest absolute Gasteiger partial charge is 0.243 e. The Morgan fingerprint density at radius 2 is 1.55 bits per heavy atom. The van der Waals surface area contributed by atoms with E-state index >= 15 is 0 Å². The van der Waals surface area contributed by atoms with E-state index < -0.39 is 10.0 Å². The van der Waals surface area contributed by atoms with Crippen molar-refractivity contribution >= 4 is 21.8 Å². The van der Waals surface area contributed by atoms with Crippen molar-refractivity contribution in [3.8, 4) is 0 Å². The normalized spacial score (nSPS) is 19.9. The summed E-state index contributed by atoms with van der Waals surface area (Å²) in [7, 11) is -3.52. The SMILES string of the molecule is O=C(CCc1ccc(S(=O)(=O)N2CCOCC2)cc1)NNC(=O)CC(C1CC1)C1CC1. The van der Waals surface area contributed by atoms with E-state index in [0.717, 1.165) is 5.56 Å². The lowest BCUT2D eigenvalue weighted by atomic mass is 9.94. The lowest BCUT2D eigenvalue weighted by Gasteiger charge is -2.26. The molecule has 1 aliphatic heterocycles. The van der Waals surface area contributed by atoms with Gasteiger partial charge in [-0.3, -0.25) is 20.4 Å². The Kier molecular flexibility index (Phi) is 6.93. The van der Waals surface area contributed by atoms with Gasteiger partial charge in [0.15, 0.2) is 0 Å². The summed E-state index contributed by atoms with van der Waals surface area (Å²) < 4.78 is 31.9. The Bertz CT molecular complexity index is 876. The van der Waals surface area contributed by atoms with Crippen LogP contribution in [0.4, 0.5) is 0 Å². The number of sulfonamides is 1. The number of nitrogens with zero attached hydrogens (tertiary/aromatic N) is 1. The molecular formula is C22H31N3O5S. The number of aryl methyl sites for hydroxylation is 1. The number of carbonyl (C=O) groups is 2. The van der Waals surface area contributed by atoms with E-state index in [1.807, 2.05) is 0 Å². The second-order valence-electron chi connectivity index (χ2n) is 8.80. The molecular weight excluding hydrogens is 418 g/mol. The van der Waals surface area contributed by atoms with Crippen molar-refractivity contribution in [1.29, 1.82) is 0 Å². The number of carbonyl (C=O) groups excluding carboxylic acids is 2. The predicted molar refractivity (Wildman–Crippen MR) is 114 cm³/mol. The molecule has 3 fully saturated rings. The molecule has 0 aromatic heterocycles. The van der Waals surface area contributed by atoms with Gasteiger partial charge in [-0.15, -0.1) is 0 Å². The molecule has 4 rings (SSSR count). The molecule has 2 amide bonds. The number of hydrogen-bond acceptors (Lipinski definition) is 5. The molecule has 2 aliphatic carbocycles. The molecule has 3 aliphatic rings. The lowest BCUT2D eigenvalue weighted by Crippen LogP contribution is -2.42. The molecule has 1 heterocycles. The van der Waals surface area contributed by atoms with Crippen LogP contribution in [0.1, 0.15) is 44.1 Å². The van der Waals surface area contributed by atoms with E-state index in [-0.39, 0.29) is 23.1 Å². The molecule has 1 saturated heterocycles. The van der Waals surface area contributed by atoms with Gasteiger partial charge in [-0.25, -0.2) is 8.42 Å². The third kappa shape index (κ3) is 6.05. The zero-order valence-corrected chi connectivity index (χ0v) is 18.5. The average Bonchev–Trinajstić information content (AvgIpc) is 3.69. The van der Waals surface area contributed by atoms with Crippen LogP contribution >= 0.6 is 0 Å². The van der Waals surface area contributed by atoms with Crippen molar-refractivity contribution in [2.45, 2.75) is 49.8 Å². The number of rotatable bonds is 9. The Balaban J connectivity index is 1.20. The first-order chi connectivity index (χ1) is 14.9. The van der Waals surface area contributed by atoms with E-state index in [0.29, 0.717) is 56.9 Å². The summed E-state index contributed by atoms with van der Waals surface area (Å²) in [4.78, 5) is 24.5. The zero-order valence-electron chi connectivity index (χ0n) is 17.7. The minimum atomic E-state index is -3.52. The van der Waals surface area contributed by atoms with Crippen LogP contribution < -0.4 is 10.9 Å². The standard InChI is InChI=1S/C22H31N3O5S/c26-21(23-24-22(27)15-20(17-4-5-17)18-6-7-18)10-3-16-1-8-19(9-2-16)31(28,29)25-11-13-30-14-12-25/h1-2,8-9,17-18,20H,3-7,10-15H2,(H,23,26)(H,24,27). The van der Waals surface area contributed by atoms with Gasteiger partial charge in [-0.05, 0) is 67.6 Å². The van der Waals surface area contributed by atoms with Gasteiger partial charge in [-0.2, -0.15) is 4.31 Å². The largest absolute Gasteiger partial charge is 0.379 e. The van der Waals surface area contributed by atoms with Crippen LogP contribution in [0.5, 0.6) is 0 Å². The van der Waals surface area contributed by atoms with Gasteiger partial charge in [0.2, 0.25) is 21.8 Å². The lowest BCUT2D eigenvalue weighted by molar-refractivity contribution is -0.129. The highest BCUT2D eigenvalue weighted by Gasteiger charge is 2.42. The van der Waals surface area contributed by atoms with E-state index in [9.17, 15) is 18.0 Å². The molecule has 1 aromatic carbocycles. The van der Waals surface area contributed by atoms with Crippen LogP contribution in [0.2, 0.25) is 0 Å². The molecule has 0 radical (unpaired) electrons. The maximum absolute atomic E-state index is 12.6. The first-order valence-electron chi connectivity index (χ1n) is 11.2. The Labute approximate surface area is 183 Å². The van der Waals surface area contributed by atoms with E-state index in [2.05, 4.69) is 10.9 Å². The molecule has 8 nitrogen and oxygen atoms in total. The highest BCUT2D eigenvalue weighted by atomic mass is 32.2. The Morgan fingerprint density at radius 3 is 2.13 bits per heavy atom. The molecule has 1 aromatic rings. The third-order valence-electron chi connectivity index (χ3n) is 6.39. The summed E-state index contributed by atoms with van der Waals surface area (Å²) in [5.74, 6) is 1.50. The first kappa shape index (κ1) is 22.2. The highest BCUT2D eigenvalue weighted by Crippen LogP contribution is 2.50. The number of ether oxygens (including phenoxy) is 1. The third-order valence-corrected chi connectivity index (χ3v) is 8.30. The van der Waals surface area contributed by atoms with Gasteiger partial charge in [0.1, 0.15) is 0 Å². The predicted octanol–water partition coefficient (Wildman–Crippen LogP) is 1.61. The minimum absolute atomic E-state index is 0.116. The molecule has 2 saturated carbocycles. The molecule has 0 bridgehead atoms. The summed E-state index contributed by atoms with van der Waals surface area (Å²) >= 11 is 0. The number of amides is 2. The quantitative estimate of drug-likeness (QED) is 0.558. The second kappa shape index (κ2) is 9.67. The van der Waals surface area contributed by atoms with Gasteiger partial charge in [0.05, 0.1) is 18.1 Å². The zero-order chi connectivity index (χ0) is 21.8. The Hall–Kier alpha value is -1.97. The number of nitrogens with one attached hydrogen (secondary N) is 2. The molecule has 0 atom stereocenters. The van der Waals surface area contributed by atoms with Crippen molar-refractivity contribution in [3.05, 3.63) is 29.8 Å². The van der Waals surface area contributed by atoms with Crippen LogP contribution in [0.25, 0.3) is 0 Å². The van der Waals surface area contributed by atoms with Crippen molar-refractivity contribution < 1.29 is 22.7 Å². The molecule has 170 valence electrons. The Morgan fingerprint density at radius 1 is 0.968 bits per heavy atom. The van der Waals surface area contributed by atoms with Gasteiger partial charge in [0, 0.05) is 25.9 Å². The second-order valence-corrected chi connectivity index (χ2v) is 10.7. The molecule has 9 heteroatoms. The first-order valence-corrected chi connectivity index (χ1v) is 12.6. The molecule has 0 unspecified atom stereocenters. The number of benzene rings is 1. The maximum Gasteiger partial charge on any atom is 0.243 e. The minimum Gasteiger partial charge on any atom is -0.379 e. The van der Waals surface area contributed by atoms with Crippen LogP contribution in [0, 0.1) is 17.8 Å². The van der Waals surface area contributed by atoms with E-state index in [4.69, 9.17) is 4.74 Å². The molecule has 0 spiro atoms. The molecule has 2 N–H and O–H groups in total. The van der Waals surface area contributed by atoms with Gasteiger partial charge >= 0.3 is 0 Å². The van der Waals surface area contributed by atoms with Crippen molar-refractivity contribution in [2.75, 3.05) is 26.3 Å². The maximum atomic E-state index is 12.6. The summed E-state index contributed by atoms with van der Waals surface area (Å²) in [6.45, 7) is 1.53. The van der Waals surface area contributed by atoms with Gasteiger partial charge < -0.3 is 4.74 Å². The topological polar surface area (TPSA) is 105 Å². The summed E-state index contributed by atoms with van der Waals surface area (Å²) in [5.41, 5.74) is 5.91. The number of hydrogen-bond donors (Lipinski definition) is 2. The summed E-state index contributed by atoms with van der Waals surface area (Å²) in [6.07, 6.45) is 6.09. The van der Waals surface area contributed by atoms with Crippen molar-refractivity contribution in [1.82, 2.24) is 15.2 Å². The number of morpholine rings is 1. The fourth-order valence-corrected chi connectivity index (χ4v) is 5.66. The fourth-order valence-electron chi connectivity index (χ4n) is 4.26. The van der Waals surface area contributed by atoms with E-state index in [1.54, 1.807) is 24.3 Å². The van der Waals surface area contributed by atoms with Crippen molar-refractivity contribution in [2.24, 2.45) is 17.8 Å². The monoisotopic (exact) mass is 449 g/mol. The number of hydrazine groups is 1. The highest BCUT2D eigenvalue weighted by molar-refractivity contribution is 7.89. The van der Waals surface area contributed by atoms with Gasteiger partial charge in [-0.1, -0.05) is 12.1 Å². The summed E-state index contributed by atoms with van der Waals surface area (Å²) in [5, 5.41) is 0.